The SMILES string of the molecule is C/C=C/C=C/C(=O)O.C/C=C/C=C/C(=O)O.[Cr]. The first-order valence-electron chi connectivity index (χ1n) is 4.59. The second kappa shape index (κ2) is 16.8. The molecule has 2 N–H and O–H groups in total. The van der Waals surface area contributed by atoms with E-state index in [1.807, 2.05) is 13.8 Å². The van der Waals surface area contributed by atoms with Crippen molar-refractivity contribution >= 4 is 11.9 Å². The van der Waals surface area contributed by atoms with Gasteiger partial charge >= 0.3 is 11.9 Å². The van der Waals surface area contributed by atoms with E-state index in [0.717, 1.165) is 12.2 Å². The fourth-order valence-electron chi connectivity index (χ4n) is 0.498. The summed E-state index contributed by atoms with van der Waals surface area (Å²) < 4.78 is 0. The smallest absolute Gasteiger partial charge is 0.328 e. The van der Waals surface area contributed by atoms with Crippen molar-refractivity contribution in [2.24, 2.45) is 0 Å². The Morgan fingerprint density at radius 2 is 1.06 bits per heavy atom. The molecule has 0 saturated heterocycles. The Bertz CT molecular complexity index is 282. The number of hydrogen-bond donors (Lipinski definition) is 2. The summed E-state index contributed by atoms with van der Waals surface area (Å²) in [7, 11) is 0. The predicted molar refractivity (Wildman–Crippen MR) is 63.2 cm³/mol. The third kappa shape index (κ3) is 31.4. The van der Waals surface area contributed by atoms with Crippen LogP contribution in [0.25, 0.3) is 0 Å². The van der Waals surface area contributed by atoms with Crippen molar-refractivity contribution in [2.75, 3.05) is 0 Å². The molecule has 5 heteroatoms. The van der Waals surface area contributed by atoms with Gasteiger partial charge in [-0.3, -0.25) is 0 Å². The zero-order chi connectivity index (χ0) is 12.8. The van der Waals surface area contributed by atoms with Gasteiger partial charge in [-0.05, 0) is 13.8 Å². The Kier molecular flexibility index (Phi) is 20.6. The maximum atomic E-state index is 9.75. The minimum absolute atomic E-state index is 0. The van der Waals surface area contributed by atoms with Crippen LogP contribution in [0, 0.1) is 0 Å². The molecule has 0 aliphatic heterocycles. The number of rotatable bonds is 4. The van der Waals surface area contributed by atoms with Crippen molar-refractivity contribution in [1.82, 2.24) is 0 Å². The number of allylic oxidation sites excluding steroid dienone is 6. The summed E-state index contributed by atoms with van der Waals surface area (Å²) in [6, 6.07) is 0. The number of carboxylic acids is 2. The van der Waals surface area contributed by atoms with Crippen molar-refractivity contribution in [3.05, 3.63) is 48.6 Å². The van der Waals surface area contributed by atoms with Crippen LogP contribution >= 0.6 is 0 Å². The Balaban J connectivity index is -0.000000218. The summed E-state index contributed by atoms with van der Waals surface area (Å²) >= 11 is 0. The van der Waals surface area contributed by atoms with E-state index < -0.39 is 11.9 Å². The van der Waals surface area contributed by atoms with E-state index in [-0.39, 0.29) is 17.4 Å². The van der Waals surface area contributed by atoms with Gasteiger partial charge in [0.05, 0.1) is 0 Å². The maximum Gasteiger partial charge on any atom is 0.328 e. The Hall–Kier alpha value is -1.57. The fourth-order valence-corrected chi connectivity index (χ4v) is 0.498. The van der Waals surface area contributed by atoms with Crippen LogP contribution in [0.3, 0.4) is 0 Å². The summed E-state index contributed by atoms with van der Waals surface area (Å²) in [4.78, 5) is 19.5. The summed E-state index contributed by atoms with van der Waals surface area (Å²) in [5.74, 6) is -1.83. The monoisotopic (exact) mass is 276 g/mol. The third-order valence-electron chi connectivity index (χ3n) is 1.08. The Morgan fingerprint density at radius 1 is 0.765 bits per heavy atom. The maximum absolute atomic E-state index is 9.75. The van der Waals surface area contributed by atoms with E-state index in [9.17, 15) is 9.59 Å². The zero-order valence-electron chi connectivity index (χ0n) is 9.74. The first-order chi connectivity index (χ1) is 7.54. The summed E-state index contributed by atoms with van der Waals surface area (Å²) in [6.07, 6.45) is 12.0. The van der Waals surface area contributed by atoms with Crippen molar-refractivity contribution in [2.45, 2.75) is 13.8 Å². The van der Waals surface area contributed by atoms with Crippen LogP contribution in [-0.2, 0) is 27.0 Å². The molecule has 0 rings (SSSR count). The molecule has 0 fully saturated rings. The molecular weight excluding hydrogens is 260 g/mol. The van der Waals surface area contributed by atoms with Crippen LogP contribution in [0.1, 0.15) is 13.8 Å². The molecule has 0 aromatic heterocycles. The van der Waals surface area contributed by atoms with Crippen molar-refractivity contribution in [1.29, 1.82) is 0 Å². The number of hydrogen-bond acceptors (Lipinski definition) is 2. The quantitative estimate of drug-likeness (QED) is 0.610. The van der Waals surface area contributed by atoms with Gasteiger partial charge in [0, 0.05) is 29.5 Å². The molecule has 0 heterocycles. The number of carboxylic acid groups (broad SMARTS) is 2. The summed E-state index contributed by atoms with van der Waals surface area (Å²) in [5, 5.41) is 16.0. The third-order valence-corrected chi connectivity index (χ3v) is 1.08. The van der Waals surface area contributed by atoms with Gasteiger partial charge in [-0.15, -0.1) is 0 Å². The van der Waals surface area contributed by atoms with Gasteiger partial charge < -0.3 is 10.2 Å². The molecule has 17 heavy (non-hydrogen) atoms. The first kappa shape index (κ1) is 20.8. The normalized spacial score (nSPS) is 10.5. The van der Waals surface area contributed by atoms with Gasteiger partial charge in [0.15, 0.2) is 0 Å². The van der Waals surface area contributed by atoms with Crippen LogP contribution in [0.5, 0.6) is 0 Å². The van der Waals surface area contributed by atoms with Crippen LogP contribution in [0.15, 0.2) is 48.6 Å². The molecule has 4 nitrogen and oxygen atoms in total. The molecule has 0 aromatic carbocycles. The molecule has 0 aliphatic carbocycles. The number of carbonyl (C=O) groups is 2. The van der Waals surface area contributed by atoms with E-state index in [1.165, 1.54) is 12.2 Å². The molecule has 94 valence electrons. The van der Waals surface area contributed by atoms with Gasteiger partial charge in [0.1, 0.15) is 0 Å². The van der Waals surface area contributed by atoms with E-state index in [4.69, 9.17) is 10.2 Å². The summed E-state index contributed by atoms with van der Waals surface area (Å²) in [6.45, 7) is 3.65. The van der Waals surface area contributed by atoms with E-state index in [0.29, 0.717) is 0 Å². The van der Waals surface area contributed by atoms with Gasteiger partial charge in [-0.1, -0.05) is 36.5 Å². The van der Waals surface area contributed by atoms with Crippen molar-refractivity contribution in [3.63, 3.8) is 0 Å². The fraction of sp³-hybridized carbons (Fsp3) is 0.167. The first-order valence-corrected chi connectivity index (χ1v) is 4.59. The molecule has 0 unspecified atom stereocenters. The predicted octanol–water partition coefficient (Wildman–Crippen LogP) is 2.40. The summed E-state index contributed by atoms with van der Waals surface area (Å²) in [5.41, 5.74) is 0. The van der Waals surface area contributed by atoms with E-state index in [2.05, 4.69) is 0 Å². The Morgan fingerprint density at radius 3 is 1.24 bits per heavy atom. The average Bonchev–Trinajstić information content (AvgIpc) is 2.18. The molecule has 0 spiro atoms. The topological polar surface area (TPSA) is 74.6 Å². The van der Waals surface area contributed by atoms with Crippen LogP contribution in [0.2, 0.25) is 0 Å². The minimum atomic E-state index is -0.914. The van der Waals surface area contributed by atoms with Gasteiger partial charge in [0.2, 0.25) is 0 Å². The van der Waals surface area contributed by atoms with Gasteiger partial charge in [0.25, 0.3) is 0 Å². The molecular formula is C12H16CrO4. The van der Waals surface area contributed by atoms with E-state index in [1.54, 1.807) is 24.3 Å². The van der Waals surface area contributed by atoms with Crippen LogP contribution in [0.4, 0.5) is 0 Å². The standard InChI is InChI=1S/2C6H8O2.Cr/c2*1-2-3-4-5-6(7)8;/h2*2-5H,1H3,(H,7,8);/b2*3-2+,5-4+;. The Labute approximate surface area is 112 Å². The number of aliphatic carboxylic acids is 2. The second-order valence-electron chi connectivity index (χ2n) is 2.45. The molecule has 0 atom stereocenters. The van der Waals surface area contributed by atoms with Gasteiger partial charge in [-0.25, -0.2) is 9.59 Å². The van der Waals surface area contributed by atoms with Gasteiger partial charge in [-0.2, -0.15) is 0 Å². The second-order valence-corrected chi connectivity index (χ2v) is 2.45. The molecule has 0 aromatic rings. The van der Waals surface area contributed by atoms with Crippen LogP contribution < -0.4 is 0 Å². The largest absolute Gasteiger partial charge is 0.478 e. The molecule has 0 amide bonds. The molecule has 0 bridgehead atoms. The van der Waals surface area contributed by atoms with Crippen molar-refractivity contribution < 1.29 is 37.2 Å². The average molecular weight is 276 g/mol. The van der Waals surface area contributed by atoms with Crippen LogP contribution in [-0.4, -0.2) is 22.2 Å². The minimum Gasteiger partial charge on any atom is -0.478 e. The molecule has 0 radical (unpaired) electrons. The van der Waals surface area contributed by atoms with E-state index >= 15 is 0 Å². The molecule has 0 saturated carbocycles. The zero-order valence-corrected chi connectivity index (χ0v) is 11.0. The molecule has 0 aliphatic rings. The van der Waals surface area contributed by atoms with Crippen molar-refractivity contribution in [3.8, 4) is 0 Å².